The fourth-order valence-corrected chi connectivity index (χ4v) is 2.33. The van der Waals surface area contributed by atoms with Crippen LogP contribution in [0.3, 0.4) is 0 Å². The van der Waals surface area contributed by atoms with Crippen molar-refractivity contribution in [1.29, 1.82) is 0 Å². The molecule has 1 aliphatic rings. The number of nitrogens with two attached hydrogens (primary N) is 1. The summed E-state index contributed by atoms with van der Waals surface area (Å²) in [6.45, 7) is 0. The second-order valence-corrected chi connectivity index (χ2v) is 4.29. The van der Waals surface area contributed by atoms with Gasteiger partial charge < -0.3 is 5.73 Å². The standard InChI is InChI=1S/C13H11FN2O/c14-7-4-5-8-10(6-7)16-13-9(12(8)15)2-1-3-11(13)17/h4-6H,1-3H2,(H2,15,16). The molecule has 0 unspecified atom stereocenters. The number of carbonyl (C=O) groups excluding carboxylic acids is 1. The van der Waals surface area contributed by atoms with Crippen molar-refractivity contribution in [2.24, 2.45) is 0 Å². The maximum absolute atomic E-state index is 13.1. The van der Waals surface area contributed by atoms with Crippen molar-refractivity contribution in [3.63, 3.8) is 0 Å². The van der Waals surface area contributed by atoms with Crippen LogP contribution in [-0.4, -0.2) is 10.8 Å². The van der Waals surface area contributed by atoms with Crippen molar-refractivity contribution in [3.8, 4) is 0 Å². The van der Waals surface area contributed by atoms with E-state index in [0.29, 0.717) is 23.3 Å². The molecule has 1 heterocycles. The van der Waals surface area contributed by atoms with Crippen LogP contribution in [0.2, 0.25) is 0 Å². The van der Waals surface area contributed by atoms with Gasteiger partial charge in [0.05, 0.1) is 5.52 Å². The molecule has 2 aromatic rings. The number of rotatable bonds is 0. The van der Waals surface area contributed by atoms with Gasteiger partial charge in [0.15, 0.2) is 5.78 Å². The SMILES string of the molecule is Nc1c2c(nc3cc(F)ccc13)C(=O)CCC2. The fraction of sp³-hybridized carbons (Fsp3) is 0.231. The van der Waals surface area contributed by atoms with Crippen molar-refractivity contribution in [1.82, 2.24) is 4.98 Å². The highest BCUT2D eigenvalue weighted by molar-refractivity contribution is 6.03. The highest BCUT2D eigenvalue weighted by atomic mass is 19.1. The quantitative estimate of drug-likeness (QED) is 0.756. The molecule has 1 aliphatic carbocycles. The third-order valence-corrected chi connectivity index (χ3v) is 3.19. The fourth-order valence-electron chi connectivity index (χ4n) is 2.33. The first-order valence-electron chi connectivity index (χ1n) is 5.57. The van der Waals surface area contributed by atoms with E-state index in [-0.39, 0.29) is 11.6 Å². The Morgan fingerprint density at radius 2 is 2.12 bits per heavy atom. The van der Waals surface area contributed by atoms with E-state index in [1.807, 2.05) is 0 Å². The van der Waals surface area contributed by atoms with Gasteiger partial charge in [-0.05, 0) is 25.0 Å². The number of ketones is 1. The summed E-state index contributed by atoms with van der Waals surface area (Å²) in [6, 6.07) is 4.29. The molecule has 17 heavy (non-hydrogen) atoms. The van der Waals surface area contributed by atoms with Crippen LogP contribution in [0.1, 0.15) is 28.9 Å². The Labute approximate surface area is 97.5 Å². The van der Waals surface area contributed by atoms with E-state index in [0.717, 1.165) is 23.8 Å². The maximum atomic E-state index is 13.1. The zero-order valence-electron chi connectivity index (χ0n) is 9.16. The molecule has 0 atom stereocenters. The second-order valence-electron chi connectivity index (χ2n) is 4.29. The topological polar surface area (TPSA) is 56.0 Å². The molecule has 0 saturated carbocycles. The minimum atomic E-state index is -0.368. The summed E-state index contributed by atoms with van der Waals surface area (Å²) in [4.78, 5) is 16.0. The van der Waals surface area contributed by atoms with Crippen LogP contribution >= 0.6 is 0 Å². The molecule has 0 amide bonds. The van der Waals surface area contributed by atoms with Gasteiger partial charge in [-0.25, -0.2) is 9.37 Å². The van der Waals surface area contributed by atoms with Crippen LogP contribution in [0.4, 0.5) is 10.1 Å². The van der Waals surface area contributed by atoms with Gasteiger partial charge in [0, 0.05) is 29.1 Å². The summed E-state index contributed by atoms with van der Waals surface area (Å²) in [6.07, 6.45) is 2.08. The van der Waals surface area contributed by atoms with E-state index < -0.39 is 0 Å². The number of Topliss-reactive ketones (excluding diaryl/α,β-unsaturated/α-hetero) is 1. The normalized spacial score (nSPS) is 15.0. The lowest BCUT2D eigenvalue weighted by Gasteiger charge is -2.17. The molecule has 1 aromatic heterocycles. The molecule has 0 saturated heterocycles. The maximum Gasteiger partial charge on any atom is 0.181 e. The molecule has 0 bridgehead atoms. The number of nitrogens with zero attached hydrogens (tertiary/aromatic N) is 1. The lowest BCUT2D eigenvalue weighted by Crippen LogP contribution is -2.15. The van der Waals surface area contributed by atoms with Crippen molar-refractivity contribution in [2.45, 2.75) is 19.3 Å². The Morgan fingerprint density at radius 1 is 1.29 bits per heavy atom. The summed E-state index contributed by atoms with van der Waals surface area (Å²) in [5.74, 6) is -0.364. The van der Waals surface area contributed by atoms with E-state index in [1.54, 1.807) is 6.07 Å². The van der Waals surface area contributed by atoms with Crippen LogP contribution in [0.15, 0.2) is 18.2 Å². The smallest absolute Gasteiger partial charge is 0.181 e. The van der Waals surface area contributed by atoms with E-state index in [4.69, 9.17) is 5.73 Å². The van der Waals surface area contributed by atoms with Gasteiger partial charge in [-0.3, -0.25) is 4.79 Å². The van der Waals surface area contributed by atoms with E-state index in [1.165, 1.54) is 12.1 Å². The molecule has 3 rings (SSSR count). The van der Waals surface area contributed by atoms with Crippen LogP contribution in [0.5, 0.6) is 0 Å². The van der Waals surface area contributed by atoms with Gasteiger partial charge in [0.25, 0.3) is 0 Å². The largest absolute Gasteiger partial charge is 0.398 e. The summed E-state index contributed by atoms with van der Waals surface area (Å²) in [5.41, 5.74) is 8.30. The van der Waals surface area contributed by atoms with Crippen molar-refractivity contribution in [2.75, 3.05) is 5.73 Å². The molecule has 0 aliphatic heterocycles. The highest BCUT2D eigenvalue weighted by Gasteiger charge is 2.22. The molecular formula is C13H11FN2O. The zero-order valence-corrected chi connectivity index (χ0v) is 9.16. The molecule has 4 heteroatoms. The third kappa shape index (κ3) is 1.48. The van der Waals surface area contributed by atoms with Crippen molar-refractivity contribution < 1.29 is 9.18 Å². The molecule has 0 fully saturated rings. The molecular weight excluding hydrogens is 219 g/mol. The Bertz CT molecular complexity index is 637. The minimum absolute atomic E-state index is 0.00381. The number of hydrogen-bond acceptors (Lipinski definition) is 3. The monoisotopic (exact) mass is 230 g/mol. The Kier molecular flexibility index (Phi) is 2.11. The summed E-state index contributed by atoms with van der Waals surface area (Å²) < 4.78 is 13.1. The first-order valence-corrected chi connectivity index (χ1v) is 5.57. The van der Waals surface area contributed by atoms with Gasteiger partial charge in [0.2, 0.25) is 0 Å². The third-order valence-electron chi connectivity index (χ3n) is 3.19. The Morgan fingerprint density at radius 3 is 2.94 bits per heavy atom. The average Bonchev–Trinajstić information content (AvgIpc) is 2.30. The predicted octanol–water partition coefficient (Wildman–Crippen LogP) is 2.48. The van der Waals surface area contributed by atoms with Gasteiger partial charge in [-0.15, -0.1) is 0 Å². The van der Waals surface area contributed by atoms with Gasteiger partial charge in [-0.1, -0.05) is 0 Å². The first kappa shape index (κ1) is 10.2. The summed E-state index contributed by atoms with van der Waals surface area (Å²) in [7, 11) is 0. The number of benzene rings is 1. The molecule has 0 radical (unpaired) electrons. The lowest BCUT2D eigenvalue weighted by atomic mass is 9.92. The number of carbonyl (C=O) groups is 1. The highest BCUT2D eigenvalue weighted by Crippen LogP contribution is 2.31. The molecule has 0 spiro atoms. The van der Waals surface area contributed by atoms with Crippen LogP contribution in [-0.2, 0) is 6.42 Å². The summed E-state index contributed by atoms with van der Waals surface area (Å²) in [5, 5.41) is 0.722. The lowest BCUT2D eigenvalue weighted by molar-refractivity contribution is 0.0967. The number of fused-ring (bicyclic) bond motifs is 2. The molecule has 1 aromatic carbocycles. The van der Waals surface area contributed by atoms with Crippen molar-refractivity contribution >= 4 is 22.4 Å². The van der Waals surface area contributed by atoms with Gasteiger partial charge in [0.1, 0.15) is 11.5 Å². The Balaban J connectivity index is 2.39. The van der Waals surface area contributed by atoms with E-state index in [9.17, 15) is 9.18 Å². The number of halogens is 1. The number of nitrogen functional groups attached to an aromatic ring is 1. The van der Waals surface area contributed by atoms with Crippen LogP contribution in [0.25, 0.3) is 10.9 Å². The number of hydrogen-bond donors (Lipinski definition) is 1. The first-order chi connectivity index (χ1) is 8.16. The van der Waals surface area contributed by atoms with Crippen LogP contribution in [0, 0.1) is 5.82 Å². The van der Waals surface area contributed by atoms with E-state index in [2.05, 4.69) is 4.98 Å². The van der Waals surface area contributed by atoms with Gasteiger partial charge >= 0.3 is 0 Å². The Hall–Kier alpha value is -1.97. The van der Waals surface area contributed by atoms with Gasteiger partial charge in [-0.2, -0.15) is 0 Å². The van der Waals surface area contributed by atoms with Crippen LogP contribution < -0.4 is 5.73 Å². The molecule has 3 nitrogen and oxygen atoms in total. The predicted molar refractivity (Wildman–Crippen MR) is 63.4 cm³/mol. The average molecular weight is 230 g/mol. The minimum Gasteiger partial charge on any atom is -0.398 e. The zero-order chi connectivity index (χ0) is 12.0. The molecule has 86 valence electrons. The van der Waals surface area contributed by atoms with E-state index >= 15 is 0 Å². The second kappa shape index (κ2) is 3.52. The molecule has 2 N–H and O–H groups in total. The number of pyridine rings is 1. The number of anilines is 1. The summed E-state index contributed by atoms with van der Waals surface area (Å²) >= 11 is 0. The van der Waals surface area contributed by atoms with Crippen molar-refractivity contribution in [3.05, 3.63) is 35.3 Å². The number of aromatic nitrogens is 1.